The number of carbonyl (C=O) groups is 2. The van der Waals surface area contributed by atoms with Gasteiger partial charge >= 0.3 is 5.97 Å². The standard InChI is InChI=1S/C16H23NO4/c1-3-4-10-21-11-6-9-17-15(18)13-7-5-8-14(12-13)16(19)20-2/h5,7-8,12H,3-4,6,9-11H2,1-2H3,(H,17,18). The first kappa shape index (κ1) is 17.2. The number of nitrogens with one attached hydrogen (secondary N) is 1. The molecule has 0 unspecified atom stereocenters. The van der Waals surface area contributed by atoms with Gasteiger partial charge in [0.25, 0.3) is 5.91 Å². The first-order valence-corrected chi connectivity index (χ1v) is 7.23. The quantitative estimate of drug-likeness (QED) is 0.561. The molecule has 5 heteroatoms. The van der Waals surface area contributed by atoms with Gasteiger partial charge in [0.1, 0.15) is 0 Å². The minimum absolute atomic E-state index is 0.200. The van der Waals surface area contributed by atoms with Gasteiger partial charge in [0.15, 0.2) is 0 Å². The minimum Gasteiger partial charge on any atom is -0.465 e. The van der Waals surface area contributed by atoms with Crippen LogP contribution in [0.5, 0.6) is 0 Å². The van der Waals surface area contributed by atoms with E-state index in [1.54, 1.807) is 18.2 Å². The highest BCUT2D eigenvalue weighted by Crippen LogP contribution is 2.06. The molecule has 0 aliphatic heterocycles. The van der Waals surface area contributed by atoms with Crippen molar-refractivity contribution in [2.75, 3.05) is 26.9 Å². The van der Waals surface area contributed by atoms with E-state index in [-0.39, 0.29) is 5.91 Å². The number of carbonyl (C=O) groups excluding carboxylic acids is 2. The van der Waals surface area contributed by atoms with Crippen molar-refractivity contribution in [3.8, 4) is 0 Å². The summed E-state index contributed by atoms with van der Waals surface area (Å²) in [7, 11) is 1.31. The zero-order valence-electron chi connectivity index (χ0n) is 12.7. The second kappa shape index (κ2) is 9.94. The molecule has 1 aromatic rings. The molecule has 1 aromatic carbocycles. The van der Waals surface area contributed by atoms with Crippen LogP contribution in [0.4, 0.5) is 0 Å². The van der Waals surface area contributed by atoms with Gasteiger partial charge < -0.3 is 14.8 Å². The molecule has 0 spiro atoms. The normalized spacial score (nSPS) is 10.2. The van der Waals surface area contributed by atoms with Crippen molar-refractivity contribution in [3.63, 3.8) is 0 Å². The summed E-state index contributed by atoms with van der Waals surface area (Å²) in [4.78, 5) is 23.3. The Labute approximate surface area is 125 Å². The number of esters is 1. The summed E-state index contributed by atoms with van der Waals surface area (Å²) in [5.41, 5.74) is 0.817. The Balaban J connectivity index is 2.33. The topological polar surface area (TPSA) is 64.6 Å². The minimum atomic E-state index is -0.450. The van der Waals surface area contributed by atoms with Crippen molar-refractivity contribution in [3.05, 3.63) is 35.4 Å². The highest BCUT2D eigenvalue weighted by atomic mass is 16.5. The molecule has 1 amide bonds. The van der Waals surface area contributed by atoms with Gasteiger partial charge in [-0.1, -0.05) is 19.4 Å². The van der Waals surface area contributed by atoms with Crippen molar-refractivity contribution in [1.29, 1.82) is 0 Å². The lowest BCUT2D eigenvalue weighted by Gasteiger charge is -2.07. The van der Waals surface area contributed by atoms with E-state index in [2.05, 4.69) is 17.0 Å². The Kier molecular flexibility index (Phi) is 8.12. The molecule has 0 saturated heterocycles. The fourth-order valence-electron chi connectivity index (χ4n) is 1.73. The summed E-state index contributed by atoms with van der Waals surface area (Å²) >= 11 is 0. The molecule has 0 aliphatic rings. The molecular weight excluding hydrogens is 270 g/mol. The van der Waals surface area contributed by atoms with Crippen LogP contribution in [-0.4, -0.2) is 38.7 Å². The average Bonchev–Trinajstić information content (AvgIpc) is 2.53. The molecule has 21 heavy (non-hydrogen) atoms. The highest BCUT2D eigenvalue weighted by Gasteiger charge is 2.09. The zero-order valence-corrected chi connectivity index (χ0v) is 12.7. The highest BCUT2D eigenvalue weighted by molar-refractivity contribution is 5.97. The predicted molar refractivity (Wildman–Crippen MR) is 80.5 cm³/mol. The van der Waals surface area contributed by atoms with E-state index in [9.17, 15) is 9.59 Å². The maximum Gasteiger partial charge on any atom is 0.337 e. The molecule has 0 heterocycles. The Bertz CT molecular complexity index is 459. The third-order valence-electron chi connectivity index (χ3n) is 2.94. The number of hydrogen-bond acceptors (Lipinski definition) is 4. The number of amides is 1. The third kappa shape index (κ3) is 6.40. The monoisotopic (exact) mass is 293 g/mol. The van der Waals surface area contributed by atoms with E-state index in [4.69, 9.17) is 4.74 Å². The van der Waals surface area contributed by atoms with Crippen LogP contribution in [-0.2, 0) is 9.47 Å². The summed E-state index contributed by atoms with van der Waals surface area (Å²) in [6, 6.07) is 6.47. The van der Waals surface area contributed by atoms with Crippen LogP contribution in [0.3, 0.4) is 0 Å². The summed E-state index contributed by atoms with van der Waals surface area (Å²) < 4.78 is 10.0. The molecule has 0 atom stereocenters. The molecule has 1 rings (SSSR count). The van der Waals surface area contributed by atoms with E-state index in [0.29, 0.717) is 24.3 Å². The van der Waals surface area contributed by atoms with Gasteiger partial charge in [0.2, 0.25) is 0 Å². The molecule has 0 radical (unpaired) electrons. The van der Waals surface area contributed by atoms with Gasteiger partial charge in [-0.15, -0.1) is 0 Å². The van der Waals surface area contributed by atoms with Gasteiger partial charge in [-0.25, -0.2) is 4.79 Å². The number of ether oxygens (including phenoxy) is 2. The Hall–Kier alpha value is -1.88. The predicted octanol–water partition coefficient (Wildman–Crippen LogP) is 2.41. The second-order valence-corrected chi connectivity index (χ2v) is 4.65. The van der Waals surface area contributed by atoms with Gasteiger partial charge in [-0.3, -0.25) is 4.79 Å². The summed E-state index contributed by atoms with van der Waals surface area (Å²) in [5, 5.41) is 2.80. The lowest BCUT2D eigenvalue weighted by molar-refractivity contribution is 0.0600. The maximum absolute atomic E-state index is 11.9. The van der Waals surface area contributed by atoms with Gasteiger partial charge in [-0.2, -0.15) is 0 Å². The average molecular weight is 293 g/mol. The first-order chi connectivity index (χ1) is 10.2. The van der Waals surface area contributed by atoms with E-state index in [1.807, 2.05) is 0 Å². The number of benzene rings is 1. The lowest BCUT2D eigenvalue weighted by Crippen LogP contribution is -2.25. The van der Waals surface area contributed by atoms with Crippen molar-refractivity contribution < 1.29 is 19.1 Å². The molecule has 0 saturated carbocycles. The van der Waals surface area contributed by atoms with Gasteiger partial charge in [0, 0.05) is 25.3 Å². The van der Waals surface area contributed by atoms with Gasteiger partial charge in [0.05, 0.1) is 12.7 Å². The summed E-state index contributed by atoms with van der Waals surface area (Å²) in [6.45, 7) is 4.08. The molecule has 0 fully saturated rings. The van der Waals surface area contributed by atoms with Crippen molar-refractivity contribution >= 4 is 11.9 Å². The fourth-order valence-corrected chi connectivity index (χ4v) is 1.73. The molecule has 0 aliphatic carbocycles. The van der Waals surface area contributed by atoms with E-state index in [1.165, 1.54) is 13.2 Å². The molecule has 1 N–H and O–H groups in total. The number of unbranched alkanes of at least 4 members (excludes halogenated alkanes) is 1. The molecule has 5 nitrogen and oxygen atoms in total. The lowest BCUT2D eigenvalue weighted by atomic mass is 10.1. The number of methoxy groups -OCH3 is 1. The molecule has 116 valence electrons. The van der Waals surface area contributed by atoms with E-state index in [0.717, 1.165) is 25.9 Å². The zero-order chi connectivity index (χ0) is 15.5. The van der Waals surface area contributed by atoms with Crippen LogP contribution >= 0.6 is 0 Å². The van der Waals surface area contributed by atoms with Crippen molar-refractivity contribution in [1.82, 2.24) is 5.32 Å². The van der Waals surface area contributed by atoms with Crippen LogP contribution in [0.1, 0.15) is 46.9 Å². The smallest absolute Gasteiger partial charge is 0.337 e. The van der Waals surface area contributed by atoms with Crippen LogP contribution in [0.2, 0.25) is 0 Å². The summed E-state index contributed by atoms with van der Waals surface area (Å²) in [6.07, 6.45) is 2.95. The Morgan fingerprint density at radius 1 is 1.14 bits per heavy atom. The van der Waals surface area contributed by atoms with Crippen LogP contribution in [0.15, 0.2) is 24.3 Å². The SMILES string of the molecule is CCCCOCCCNC(=O)c1cccc(C(=O)OC)c1. The molecular formula is C16H23NO4. The number of hydrogen-bond donors (Lipinski definition) is 1. The van der Waals surface area contributed by atoms with E-state index >= 15 is 0 Å². The van der Waals surface area contributed by atoms with Crippen LogP contribution in [0, 0.1) is 0 Å². The Morgan fingerprint density at radius 2 is 1.86 bits per heavy atom. The number of rotatable bonds is 9. The van der Waals surface area contributed by atoms with Gasteiger partial charge in [-0.05, 0) is 31.0 Å². The maximum atomic E-state index is 11.9. The van der Waals surface area contributed by atoms with Crippen LogP contribution < -0.4 is 5.32 Å². The van der Waals surface area contributed by atoms with Crippen LogP contribution in [0.25, 0.3) is 0 Å². The third-order valence-corrected chi connectivity index (χ3v) is 2.94. The fraction of sp³-hybridized carbons (Fsp3) is 0.500. The first-order valence-electron chi connectivity index (χ1n) is 7.23. The second-order valence-electron chi connectivity index (χ2n) is 4.65. The Morgan fingerprint density at radius 3 is 2.57 bits per heavy atom. The van der Waals surface area contributed by atoms with E-state index < -0.39 is 5.97 Å². The molecule has 0 bridgehead atoms. The largest absolute Gasteiger partial charge is 0.465 e. The van der Waals surface area contributed by atoms with Crippen molar-refractivity contribution in [2.45, 2.75) is 26.2 Å². The molecule has 0 aromatic heterocycles. The van der Waals surface area contributed by atoms with Crippen molar-refractivity contribution in [2.24, 2.45) is 0 Å². The summed E-state index contributed by atoms with van der Waals surface area (Å²) in [5.74, 6) is -0.650.